The van der Waals surface area contributed by atoms with Crippen LogP contribution in [0, 0.1) is 13.8 Å². The van der Waals surface area contributed by atoms with Crippen molar-refractivity contribution in [3.63, 3.8) is 0 Å². The van der Waals surface area contributed by atoms with Gasteiger partial charge in [0.15, 0.2) is 0 Å². The van der Waals surface area contributed by atoms with E-state index in [2.05, 4.69) is 30.2 Å². The summed E-state index contributed by atoms with van der Waals surface area (Å²) in [6.45, 7) is 4.25. The Morgan fingerprint density at radius 2 is 1.95 bits per heavy atom. The molecule has 0 bridgehead atoms. The maximum atomic E-state index is 6.35. The number of hydrogen-bond donors (Lipinski definition) is 1. The fourth-order valence-electron chi connectivity index (χ4n) is 2.36. The molecule has 1 N–H and O–H groups in total. The molecule has 1 aliphatic rings. The molecule has 4 heteroatoms. The van der Waals surface area contributed by atoms with Crippen LogP contribution in [0.15, 0.2) is 52.6 Å². The smallest absolute Gasteiger partial charge is 0.134 e. The van der Waals surface area contributed by atoms with E-state index in [1.54, 1.807) is 17.5 Å². The Balaban J connectivity index is 1.95. The first-order valence-electron chi connectivity index (χ1n) is 6.47. The van der Waals surface area contributed by atoms with Gasteiger partial charge in [0.2, 0.25) is 0 Å². The van der Waals surface area contributed by atoms with E-state index >= 15 is 0 Å². The summed E-state index contributed by atoms with van der Waals surface area (Å²) in [5, 5.41) is 4.17. The van der Waals surface area contributed by atoms with Crippen LogP contribution in [0.25, 0.3) is 0 Å². The Kier molecular flexibility index (Phi) is 3.64. The van der Waals surface area contributed by atoms with Gasteiger partial charge in [-0.2, -0.15) is 0 Å². The molecular formula is C16H15ClN2S. The van der Waals surface area contributed by atoms with Crippen LogP contribution in [-0.2, 0) is 0 Å². The van der Waals surface area contributed by atoms with Gasteiger partial charge in [0.25, 0.3) is 0 Å². The highest BCUT2D eigenvalue weighted by Gasteiger charge is 2.23. The molecule has 102 valence electrons. The second kappa shape index (κ2) is 5.43. The molecule has 2 nitrogen and oxygen atoms in total. The molecule has 1 aromatic heterocycles. The third kappa shape index (κ3) is 2.51. The molecule has 0 amide bonds. The Hall–Kier alpha value is -1.58. The van der Waals surface area contributed by atoms with Crippen LogP contribution in [-0.4, -0.2) is 5.84 Å². The molecule has 0 aliphatic carbocycles. The molecule has 2 aromatic rings. The highest BCUT2D eigenvalue weighted by atomic mass is 35.5. The predicted molar refractivity (Wildman–Crippen MR) is 86.6 cm³/mol. The van der Waals surface area contributed by atoms with E-state index in [1.165, 1.54) is 15.3 Å². The summed E-state index contributed by atoms with van der Waals surface area (Å²) >= 11 is 8.14. The average Bonchev–Trinajstić information content (AvgIpc) is 2.79. The van der Waals surface area contributed by atoms with Crippen molar-refractivity contribution < 1.29 is 0 Å². The number of nitrogens with zero attached hydrogens (tertiary/aromatic N) is 1. The molecule has 1 unspecified atom stereocenters. The van der Waals surface area contributed by atoms with E-state index < -0.39 is 0 Å². The van der Waals surface area contributed by atoms with E-state index in [1.807, 2.05) is 30.3 Å². The number of thiophene rings is 1. The van der Waals surface area contributed by atoms with Gasteiger partial charge in [0.1, 0.15) is 5.84 Å². The second-order valence-corrected chi connectivity index (χ2v) is 6.70. The molecular weight excluding hydrogens is 288 g/mol. The number of aliphatic imine (C=N–C) groups is 1. The van der Waals surface area contributed by atoms with Crippen molar-refractivity contribution >= 4 is 28.8 Å². The minimum atomic E-state index is -0.00526. The summed E-state index contributed by atoms with van der Waals surface area (Å²) in [6, 6.07) is 12.3. The lowest BCUT2D eigenvalue weighted by Gasteiger charge is -2.23. The lowest BCUT2D eigenvalue weighted by atomic mass is 10.1. The highest BCUT2D eigenvalue weighted by molar-refractivity contribution is 7.12. The van der Waals surface area contributed by atoms with E-state index in [4.69, 9.17) is 11.6 Å². The van der Waals surface area contributed by atoms with Crippen molar-refractivity contribution in [2.45, 2.75) is 19.9 Å². The van der Waals surface area contributed by atoms with Crippen molar-refractivity contribution in [3.05, 3.63) is 68.5 Å². The second-order valence-electron chi connectivity index (χ2n) is 4.80. The van der Waals surface area contributed by atoms with Gasteiger partial charge in [-0.3, -0.25) is 0 Å². The van der Waals surface area contributed by atoms with Gasteiger partial charge in [0, 0.05) is 21.5 Å². The summed E-state index contributed by atoms with van der Waals surface area (Å²) < 4.78 is 0. The number of aryl methyl sites for hydroxylation is 2. The minimum absolute atomic E-state index is 0.00526. The Bertz CT molecular complexity index is 686. The van der Waals surface area contributed by atoms with Crippen LogP contribution < -0.4 is 5.32 Å². The van der Waals surface area contributed by atoms with Crippen LogP contribution in [0.2, 0.25) is 0 Å². The Morgan fingerprint density at radius 1 is 1.20 bits per heavy atom. The SMILES string of the molecule is Cc1cc(C2NC(c3ccccc3)=NC=C2Cl)c(C)s1. The number of nitrogens with one attached hydrogen (secondary N) is 1. The van der Waals surface area contributed by atoms with Gasteiger partial charge in [-0.1, -0.05) is 41.9 Å². The summed E-state index contributed by atoms with van der Waals surface area (Å²) in [7, 11) is 0. The van der Waals surface area contributed by atoms with Gasteiger partial charge < -0.3 is 5.32 Å². The molecule has 0 spiro atoms. The molecule has 20 heavy (non-hydrogen) atoms. The lowest BCUT2D eigenvalue weighted by Crippen LogP contribution is -2.31. The largest absolute Gasteiger partial charge is 0.358 e. The Labute approximate surface area is 127 Å². The number of amidine groups is 1. The van der Waals surface area contributed by atoms with Crippen LogP contribution in [0.3, 0.4) is 0 Å². The van der Waals surface area contributed by atoms with Crippen molar-refractivity contribution in [3.8, 4) is 0 Å². The van der Waals surface area contributed by atoms with E-state index in [9.17, 15) is 0 Å². The predicted octanol–water partition coefficient (Wildman–Crippen LogP) is 4.54. The monoisotopic (exact) mass is 302 g/mol. The molecule has 0 fully saturated rings. The molecule has 1 aromatic carbocycles. The van der Waals surface area contributed by atoms with Crippen molar-refractivity contribution in [2.24, 2.45) is 4.99 Å². The van der Waals surface area contributed by atoms with Gasteiger partial charge in [-0.25, -0.2) is 4.99 Å². The summed E-state index contributed by atoms with van der Waals surface area (Å²) in [5.41, 5.74) is 2.31. The standard InChI is InChI=1S/C16H15ClN2S/c1-10-8-13(11(2)20-10)15-14(17)9-18-16(19-15)12-6-4-3-5-7-12/h3-9,15H,1-2H3,(H,18,19). The summed E-state index contributed by atoms with van der Waals surface area (Å²) in [5.74, 6) is 0.864. The number of halogens is 1. The molecule has 1 aliphatic heterocycles. The third-order valence-corrected chi connectivity index (χ3v) is 4.61. The van der Waals surface area contributed by atoms with E-state index in [-0.39, 0.29) is 6.04 Å². The maximum Gasteiger partial charge on any atom is 0.134 e. The zero-order valence-electron chi connectivity index (χ0n) is 11.4. The topological polar surface area (TPSA) is 24.4 Å². The van der Waals surface area contributed by atoms with Crippen LogP contribution in [0.1, 0.15) is 26.9 Å². The normalized spacial score (nSPS) is 18.2. The van der Waals surface area contributed by atoms with Gasteiger partial charge in [0.05, 0.1) is 11.1 Å². The van der Waals surface area contributed by atoms with Crippen molar-refractivity contribution in [2.75, 3.05) is 0 Å². The summed E-state index contributed by atoms with van der Waals surface area (Å²) in [4.78, 5) is 7.00. The summed E-state index contributed by atoms with van der Waals surface area (Å²) in [6.07, 6.45) is 1.75. The first-order valence-corrected chi connectivity index (χ1v) is 7.67. The van der Waals surface area contributed by atoms with Crippen molar-refractivity contribution in [1.82, 2.24) is 5.32 Å². The van der Waals surface area contributed by atoms with E-state index in [0.29, 0.717) is 0 Å². The zero-order chi connectivity index (χ0) is 14.1. The van der Waals surface area contributed by atoms with Crippen LogP contribution in [0.4, 0.5) is 0 Å². The molecule has 0 saturated heterocycles. The van der Waals surface area contributed by atoms with Gasteiger partial charge in [-0.05, 0) is 25.5 Å². The number of benzene rings is 1. The number of hydrogen-bond acceptors (Lipinski definition) is 3. The highest BCUT2D eigenvalue weighted by Crippen LogP contribution is 2.34. The first-order chi connectivity index (χ1) is 9.65. The zero-order valence-corrected chi connectivity index (χ0v) is 12.9. The molecule has 3 rings (SSSR count). The molecule has 1 atom stereocenters. The van der Waals surface area contributed by atoms with Gasteiger partial charge >= 0.3 is 0 Å². The number of rotatable bonds is 2. The fourth-order valence-corrected chi connectivity index (χ4v) is 3.55. The molecule has 0 saturated carbocycles. The molecule has 2 heterocycles. The Morgan fingerprint density at radius 3 is 2.60 bits per heavy atom. The molecule has 0 radical (unpaired) electrons. The van der Waals surface area contributed by atoms with Gasteiger partial charge in [-0.15, -0.1) is 11.3 Å². The van der Waals surface area contributed by atoms with Crippen molar-refractivity contribution in [1.29, 1.82) is 0 Å². The first kappa shape index (κ1) is 13.4. The minimum Gasteiger partial charge on any atom is -0.358 e. The fraction of sp³-hybridized carbons (Fsp3) is 0.188. The maximum absolute atomic E-state index is 6.35. The van der Waals surface area contributed by atoms with E-state index in [0.717, 1.165) is 16.4 Å². The van der Waals surface area contributed by atoms with Crippen LogP contribution >= 0.6 is 22.9 Å². The quantitative estimate of drug-likeness (QED) is 0.865. The van der Waals surface area contributed by atoms with Crippen LogP contribution in [0.5, 0.6) is 0 Å². The lowest BCUT2D eigenvalue weighted by molar-refractivity contribution is 0.760. The third-order valence-electron chi connectivity index (χ3n) is 3.31. The average molecular weight is 303 g/mol.